The van der Waals surface area contributed by atoms with Crippen LogP contribution in [-0.4, -0.2) is 17.8 Å². The molecule has 2 atom stereocenters. The van der Waals surface area contributed by atoms with E-state index in [1.54, 1.807) is 0 Å². The highest BCUT2D eigenvalue weighted by Gasteiger charge is 2.50. The van der Waals surface area contributed by atoms with E-state index >= 15 is 0 Å². The van der Waals surface area contributed by atoms with E-state index in [4.69, 9.17) is 11.6 Å². The van der Waals surface area contributed by atoms with Gasteiger partial charge >= 0.3 is 0 Å². The van der Waals surface area contributed by atoms with Crippen molar-refractivity contribution in [3.05, 3.63) is 0 Å². The highest BCUT2D eigenvalue weighted by Crippen LogP contribution is 2.56. The second-order valence-corrected chi connectivity index (χ2v) is 8.60. The minimum atomic E-state index is 0.344. The molecule has 5 fully saturated rings. The van der Waals surface area contributed by atoms with Crippen molar-refractivity contribution in [1.82, 2.24) is 5.32 Å². The van der Waals surface area contributed by atoms with E-state index in [1.807, 2.05) is 0 Å². The molecule has 5 aliphatic rings. The van der Waals surface area contributed by atoms with Gasteiger partial charge in [-0.25, -0.2) is 0 Å². The standard InChI is InChI=1S/C17H26ClNO/c18-15-2-1-10(8-15)9-19-17(20)16-13-4-11-3-12(6-13)7-14(16)5-11/h10-16H,1-9H2,(H,19,20). The third kappa shape index (κ3) is 2.38. The summed E-state index contributed by atoms with van der Waals surface area (Å²) in [7, 11) is 0. The Hall–Kier alpha value is -0.240. The summed E-state index contributed by atoms with van der Waals surface area (Å²) in [6, 6.07) is 0. The Morgan fingerprint density at radius 1 is 0.950 bits per heavy atom. The van der Waals surface area contributed by atoms with Crippen LogP contribution in [0.4, 0.5) is 0 Å². The summed E-state index contributed by atoms with van der Waals surface area (Å²) < 4.78 is 0. The normalized spacial score (nSPS) is 49.5. The third-order valence-corrected chi connectivity index (χ3v) is 6.97. The molecule has 0 spiro atoms. The van der Waals surface area contributed by atoms with Crippen LogP contribution >= 0.6 is 11.6 Å². The number of nitrogens with one attached hydrogen (secondary N) is 1. The van der Waals surface area contributed by atoms with Gasteiger partial charge in [-0.15, -0.1) is 11.6 Å². The molecule has 2 nitrogen and oxygen atoms in total. The van der Waals surface area contributed by atoms with Gasteiger partial charge in [0.15, 0.2) is 0 Å². The Bertz CT molecular complexity index is 368. The van der Waals surface area contributed by atoms with Crippen LogP contribution in [0.1, 0.15) is 51.4 Å². The van der Waals surface area contributed by atoms with Crippen molar-refractivity contribution in [2.75, 3.05) is 6.54 Å². The molecule has 5 saturated carbocycles. The van der Waals surface area contributed by atoms with E-state index in [0.29, 0.717) is 35.0 Å². The zero-order chi connectivity index (χ0) is 13.7. The third-order valence-electron chi connectivity index (χ3n) is 6.57. The maximum atomic E-state index is 12.6. The summed E-state index contributed by atoms with van der Waals surface area (Å²) in [5, 5.41) is 3.62. The molecule has 0 radical (unpaired) electrons. The van der Waals surface area contributed by atoms with E-state index in [2.05, 4.69) is 5.32 Å². The van der Waals surface area contributed by atoms with Crippen molar-refractivity contribution < 1.29 is 4.79 Å². The first kappa shape index (κ1) is 13.4. The topological polar surface area (TPSA) is 29.1 Å². The Kier molecular flexibility index (Phi) is 3.48. The van der Waals surface area contributed by atoms with E-state index in [9.17, 15) is 4.79 Å². The monoisotopic (exact) mass is 295 g/mol. The summed E-state index contributed by atoms with van der Waals surface area (Å²) in [5.74, 6) is 4.65. The largest absolute Gasteiger partial charge is 0.356 e. The second-order valence-electron chi connectivity index (χ2n) is 7.98. The minimum Gasteiger partial charge on any atom is -0.356 e. The van der Waals surface area contributed by atoms with Gasteiger partial charge in [-0.05, 0) is 81.0 Å². The number of alkyl halides is 1. The summed E-state index contributed by atoms with van der Waals surface area (Å²) in [5.41, 5.74) is 0. The van der Waals surface area contributed by atoms with Crippen molar-refractivity contribution >= 4 is 17.5 Å². The highest BCUT2D eigenvalue weighted by atomic mass is 35.5. The molecule has 20 heavy (non-hydrogen) atoms. The van der Waals surface area contributed by atoms with Crippen molar-refractivity contribution in [2.24, 2.45) is 35.5 Å². The van der Waals surface area contributed by atoms with Crippen LogP contribution in [-0.2, 0) is 4.79 Å². The van der Waals surface area contributed by atoms with Crippen LogP contribution in [0.25, 0.3) is 0 Å². The molecule has 1 N–H and O–H groups in total. The molecule has 1 amide bonds. The molecule has 0 aliphatic heterocycles. The molecule has 0 aromatic carbocycles. The van der Waals surface area contributed by atoms with E-state index in [1.165, 1.54) is 38.5 Å². The molecule has 4 bridgehead atoms. The van der Waals surface area contributed by atoms with E-state index in [-0.39, 0.29) is 0 Å². The fourth-order valence-corrected chi connectivity index (χ4v) is 6.29. The lowest BCUT2D eigenvalue weighted by atomic mass is 9.51. The molecule has 0 aromatic heterocycles. The SMILES string of the molecule is O=C(NCC1CCC(Cl)C1)C1C2CC3CC(C2)CC1C3. The lowest BCUT2D eigenvalue weighted by molar-refractivity contribution is -0.138. The Labute approximate surface area is 127 Å². The fraction of sp³-hybridized carbons (Fsp3) is 0.941. The summed E-state index contributed by atoms with van der Waals surface area (Å²) in [6.45, 7) is 0.866. The van der Waals surface area contributed by atoms with Crippen molar-refractivity contribution in [2.45, 2.75) is 56.7 Å². The number of carbonyl (C=O) groups excluding carboxylic acids is 1. The molecule has 2 unspecified atom stereocenters. The van der Waals surface area contributed by atoms with Crippen LogP contribution in [0.3, 0.4) is 0 Å². The van der Waals surface area contributed by atoms with Gasteiger partial charge < -0.3 is 5.32 Å². The fourth-order valence-electron chi connectivity index (χ4n) is 5.92. The van der Waals surface area contributed by atoms with Gasteiger partial charge in [0.2, 0.25) is 5.91 Å². The number of hydrogen-bond acceptors (Lipinski definition) is 1. The summed E-state index contributed by atoms with van der Waals surface area (Å²) in [4.78, 5) is 12.6. The molecule has 112 valence electrons. The van der Waals surface area contributed by atoms with Gasteiger partial charge in [0.1, 0.15) is 0 Å². The van der Waals surface area contributed by atoms with Gasteiger partial charge in [-0.2, -0.15) is 0 Å². The highest BCUT2D eigenvalue weighted by molar-refractivity contribution is 6.20. The van der Waals surface area contributed by atoms with Crippen LogP contribution in [0, 0.1) is 35.5 Å². The Morgan fingerprint density at radius 2 is 1.60 bits per heavy atom. The molecule has 5 aliphatic carbocycles. The maximum Gasteiger partial charge on any atom is 0.223 e. The Morgan fingerprint density at radius 3 is 2.15 bits per heavy atom. The van der Waals surface area contributed by atoms with Crippen molar-refractivity contribution in [1.29, 1.82) is 0 Å². The zero-order valence-corrected chi connectivity index (χ0v) is 12.9. The molecule has 0 heterocycles. The lowest BCUT2D eigenvalue weighted by Crippen LogP contribution is -2.51. The Balaban J connectivity index is 1.34. The first-order valence-corrected chi connectivity index (χ1v) is 9.04. The first-order valence-electron chi connectivity index (χ1n) is 8.60. The van der Waals surface area contributed by atoms with Crippen LogP contribution in [0.5, 0.6) is 0 Å². The van der Waals surface area contributed by atoms with Gasteiger partial charge in [0, 0.05) is 17.8 Å². The van der Waals surface area contributed by atoms with Gasteiger partial charge in [0.25, 0.3) is 0 Å². The summed E-state index contributed by atoms with van der Waals surface area (Å²) in [6.07, 6.45) is 10.2. The summed E-state index contributed by atoms with van der Waals surface area (Å²) >= 11 is 6.16. The average molecular weight is 296 g/mol. The first-order chi connectivity index (χ1) is 9.69. The van der Waals surface area contributed by atoms with Gasteiger partial charge in [0.05, 0.1) is 0 Å². The quantitative estimate of drug-likeness (QED) is 0.792. The lowest BCUT2D eigenvalue weighted by Gasteiger charge is -2.53. The van der Waals surface area contributed by atoms with Crippen molar-refractivity contribution in [3.63, 3.8) is 0 Å². The molecular formula is C17H26ClNO. The number of rotatable bonds is 3. The molecule has 5 rings (SSSR count). The number of carbonyl (C=O) groups is 1. The molecule has 0 saturated heterocycles. The van der Waals surface area contributed by atoms with Crippen molar-refractivity contribution in [3.8, 4) is 0 Å². The van der Waals surface area contributed by atoms with Gasteiger partial charge in [-0.3, -0.25) is 4.79 Å². The smallest absolute Gasteiger partial charge is 0.223 e. The van der Waals surface area contributed by atoms with Crippen LogP contribution in [0.15, 0.2) is 0 Å². The maximum absolute atomic E-state index is 12.6. The number of amides is 1. The number of hydrogen-bond donors (Lipinski definition) is 1. The molecular weight excluding hydrogens is 270 g/mol. The predicted octanol–water partition coefficient (Wildman–Crippen LogP) is 3.58. The second kappa shape index (κ2) is 5.19. The number of halogens is 1. The van der Waals surface area contributed by atoms with Gasteiger partial charge in [-0.1, -0.05) is 0 Å². The molecule has 0 aromatic rings. The predicted molar refractivity (Wildman–Crippen MR) is 80.5 cm³/mol. The zero-order valence-electron chi connectivity index (χ0n) is 12.2. The average Bonchev–Trinajstić information content (AvgIpc) is 2.81. The molecule has 3 heteroatoms. The van der Waals surface area contributed by atoms with E-state index < -0.39 is 0 Å². The van der Waals surface area contributed by atoms with Crippen LogP contribution in [0.2, 0.25) is 0 Å². The van der Waals surface area contributed by atoms with E-state index in [0.717, 1.165) is 31.2 Å². The minimum absolute atomic E-state index is 0.344. The van der Waals surface area contributed by atoms with Crippen LogP contribution < -0.4 is 5.32 Å².